The molecule has 1 fully saturated rings. The zero-order valence-electron chi connectivity index (χ0n) is 17.9. The maximum absolute atomic E-state index is 11.4. The highest BCUT2D eigenvalue weighted by molar-refractivity contribution is 5.96. The molecule has 0 aliphatic carbocycles. The van der Waals surface area contributed by atoms with Crippen LogP contribution in [0.25, 0.3) is 22.3 Å². The van der Waals surface area contributed by atoms with Gasteiger partial charge in [0.1, 0.15) is 11.3 Å². The molecule has 1 atom stereocenters. The zero-order valence-corrected chi connectivity index (χ0v) is 17.9. The van der Waals surface area contributed by atoms with Gasteiger partial charge < -0.3 is 19.7 Å². The van der Waals surface area contributed by atoms with E-state index in [2.05, 4.69) is 15.2 Å². The summed E-state index contributed by atoms with van der Waals surface area (Å²) in [6.07, 6.45) is 0.874. The molecular formula is C21H26N6O3. The van der Waals surface area contributed by atoms with Crippen LogP contribution in [0, 0.1) is 6.92 Å². The van der Waals surface area contributed by atoms with Gasteiger partial charge in [-0.1, -0.05) is 0 Å². The summed E-state index contributed by atoms with van der Waals surface area (Å²) in [5, 5.41) is 7.74. The van der Waals surface area contributed by atoms with Crippen molar-refractivity contribution in [3.05, 3.63) is 24.0 Å². The predicted molar refractivity (Wildman–Crippen MR) is 114 cm³/mol. The summed E-state index contributed by atoms with van der Waals surface area (Å²) >= 11 is 0. The smallest absolute Gasteiger partial charge is 0.217 e. The molecule has 0 unspecified atom stereocenters. The number of amides is 1. The number of rotatable bonds is 5. The van der Waals surface area contributed by atoms with Gasteiger partial charge in [-0.2, -0.15) is 5.10 Å². The Morgan fingerprint density at radius 2 is 1.93 bits per heavy atom. The van der Waals surface area contributed by atoms with E-state index in [0.29, 0.717) is 23.9 Å². The van der Waals surface area contributed by atoms with Crippen LogP contribution in [0.2, 0.25) is 0 Å². The summed E-state index contributed by atoms with van der Waals surface area (Å²) in [4.78, 5) is 23.0. The molecule has 158 valence electrons. The molecule has 1 N–H and O–H groups in total. The number of benzene rings is 1. The molecule has 0 spiro atoms. The number of ether oxygens (including phenoxy) is 2. The van der Waals surface area contributed by atoms with Crippen LogP contribution < -0.4 is 19.7 Å². The second-order valence-corrected chi connectivity index (χ2v) is 7.47. The highest BCUT2D eigenvalue weighted by atomic mass is 16.5. The van der Waals surface area contributed by atoms with Crippen molar-refractivity contribution in [1.29, 1.82) is 0 Å². The molecule has 1 aromatic carbocycles. The van der Waals surface area contributed by atoms with Crippen LogP contribution in [0.15, 0.2) is 18.2 Å². The van der Waals surface area contributed by atoms with Crippen molar-refractivity contribution >= 4 is 22.8 Å². The number of carbonyl (C=O) groups excluding carboxylic acids is 1. The number of carbonyl (C=O) groups is 1. The lowest BCUT2D eigenvalue weighted by molar-refractivity contribution is -0.119. The Hall–Kier alpha value is -3.36. The number of methoxy groups -OCH3 is 2. The van der Waals surface area contributed by atoms with Crippen molar-refractivity contribution < 1.29 is 14.3 Å². The largest absolute Gasteiger partial charge is 0.493 e. The number of hydrogen-bond donors (Lipinski definition) is 1. The number of hydrogen-bond acceptors (Lipinski definition) is 7. The maximum atomic E-state index is 11.4. The summed E-state index contributed by atoms with van der Waals surface area (Å²) in [6.45, 7) is 4.94. The first-order chi connectivity index (χ1) is 14.4. The van der Waals surface area contributed by atoms with Gasteiger partial charge in [0.25, 0.3) is 0 Å². The minimum atomic E-state index is -0.0144. The second-order valence-electron chi connectivity index (χ2n) is 7.47. The summed E-state index contributed by atoms with van der Waals surface area (Å²) in [5.74, 6) is 2.77. The van der Waals surface area contributed by atoms with Crippen LogP contribution in [-0.2, 0) is 11.8 Å². The number of aromatic nitrogens is 4. The van der Waals surface area contributed by atoms with E-state index in [1.807, 2.05) is 36.9 Å². The molecule has 1 saturated heterocycles. The number of fused-ring (bicyclic) bond motifs is 1. The highest BCUT2D eigenvalue weighted by Crippen LogP contribution is 2.36. The Bertz CT molecular complexity index is 1110. The van der Waals surface area contributed by atoms with E-state index in [9.17, 15) is 4.79 Å². The average Bonchev–Trinajstić information content (AvgIpc) is 3.30. The van der Waals surface area contributed by atoms with Crippen LogP contribution in [-0.4, -0.2) is 59.0 Å². The minimum Gasteiger partial charge on any atom is -0.493 e. The molecule has 4 rings (SSSR count). The van der Waals surface area contributed by atoms with Crippen LogP contribution in [0.1, 0.15) is 19.2 Å². The first-order valence-electron chi connectivity index (χ1n) is 9.87. The van der Waals surface area contributed by atoms with Crippen LogP contribution in [0.5, 0.6) is 11.5 Å². The fraction of sp³-hybridized carbons (Fsp3) is 0.429. The SMILES string of the molecule is COc1ccc(-c2c3nc(C)nc(N4CC[C@@H](NC(C)=O)C4)c3nn2C)cc1OC. The van der Waals surface area contributed by atoms with E-state index >= 15 is 0 Å². The Balaban J connectivity index is 1.79. The second kappa shape index (κ2) is 7.81. The van der Waals surface area contributed by atoms with Crippen molar-refractivity contribution in [2.24, 2.45) is 7.05 Å². The standard InChI is InChI=1S/C21H26N6O3/c1-12-22-18-19(21(23-12)27-9-8-15(11-27)24-13(2)28)25-26(3)20(18)14-6-7-16(29-4)17(10-14)30-5/h6-7,10,15H,8-9,11H2,1-5H3,(H,24,28)/t15-/m1/s1. The van der Waals surface area contributed by atoms with Crippen molar-refractivity contribution in [2.75, 3.05) is 32.2 Å². The Morgan fingerprint density at radius 1 is 1.17 bits per heavy atom. The number of anilines is 1. The molecule has 30 heavy (non-hydrogen) atoms. The highest BCUT2D eigenvalue weighted by Gasteiger charge is 2.28. The molecule has 0 saturated carbocycles. The molecule has 2 aromatic heterocycles. The molecule has 3 aromatic rings. The number of aryl methyl sites for hydroxylation is 2. The van der Waals surface area contributed by atoms with Crippen molar-refractivity contribution in [2.45, 2.75) is 26.3 Å². The lowest BCUT2D eigenvalue weighted by atomic mass is 10.1. The number of nitrogens with zero attached hydrogens (tertiary/aromatic N) is 5. The quantitative estimate of drug-likeness (QED) is 0.688. The van der Waals surface area contributed by atoms with Crippen LogP contribution >= 0.6 is 0 Å². The summed E-state index contributed by atoms with van der Waals surface area (Å²) < 4.78 is 12.7. The van der Waals surface area contributed by atoms with Gasteiger partial charge in [-0.05, 0) is 31.5 Å². The number of nitrogens with one attached hydrogen (secondary N) is 1. The molecule has 1 aliphatic heterocycles. The lowest BCUT2D eigenvalue weighted by Gasteiger charge is -2.18. The Labute approximate surface area is 175 Å². The maximum Gasteiger partial charge on any atom is 0.217 e. The first kappa shape index (κ1) is 19.9. The van der Waals surface area contributed by atoms with Gasteiger partial charge in [0.15, 0.2) is 22.8 Å². The first-order valence-corrected chi connectivity index (χ1v) is 9.87. The van der Waals surface area contributed by atoms with Crippen LogP contribution in [0.4, 0.5) is 5.82 Å². The molecule has 3 heterocycles. The van der Waals surface area contributed by atoms with Gasteiger partial charge in [0, 0.05) is 38.7 Å². The third-order valence-electron chi connectivity index (χ3n) is 5.33. The third kappa shape index (κ3) is 3.51. The average molecular weight is 410 g/mol. The normalized spacial score (nSPS) is 16.2. The van der Waals surface area contributed by atoms with E-state index in [0.717, 1.165) is 41.1 Å². The van der Waals surface area contributed by atoms with Gasteiger partial charge >= 0.3 is 0 Å². The summed E-state index contributed by atoms with van der Waals surface area (Å²) in [5.41, 5.74) is 3.35. The summed E-state index contributed by atoms with van der Waals surface area (Å²) in [6, 6.07) is 5.88. The molecular weight excluding hydrogens is 384 g/mol. The predicted octanol–water partition coefficient (Wildman–Crippen LogP) is 2.07. The summed E-state index contributed by atoms with van der Waals surface area (Å²) in [7, 11) is 5.13. The van der Waals surface area contributed by atoms with E-state index < -0.39 is 0 Å². The fourth-order valence-corrected chi connectivity index (χ4v) is 4.05. The van der Waals surface area contributed by atoms with Gasteiger partial charge in [-0.25, -0.2) is 9.97 Å². The molecule has 0 bridgehead atoms. The van der Waals surface area contributed by atoms with Gasteiger partial charge in [-0.3, -0.25) is 9.48 Å². The van der Waals surface area contributed by atoms with Gasteiger partial charge in [0.05, 0.1) is 19.9 Å². The van der Waals surface area contributed by atoms with Crippen molar-refractivity contribution in [3.63, 3.8) is 0 Å². The van der Waals surface area contributed by atoms with E-state index in [-0.39, 0.29) is 11.9 Å². The van der Waals surface area contributed by atoms with Crippen molar-refractivity contribution in [3.8, 4) is 22.8 Å². The minimum absolute atomic E-state index is 0.0144. The molecule has 9 nitrogen and oxygen atoms in total. The lowest BCUT2D eigenvalue weighted by Crippen LogP contribution is -2.35. The van der Waals surface area contributed by atoms with E-state index in [4.69, 9.17) is 19.6 Å². The van der Waals surface area contributed by atoms with Gasteiger partial charge in [-0.15, -0.1) is 0 Å². The fourth-order valence-electron chi connectivity index (χ4n) is 4.05. The van der Waals surface area contributed by atoms with E-state index in [1.165, 1.54) is 0 Å². The molecule has 9 heteroatoms. The zero-order chi connectivity index (χ0) is 21.4. The topological polar surface area (TPSA) is 94.4 Å². The van der Waals surface area contributed by atoms with Gasteiger partial charge in [0.2, 0.25) is 5.91 Å². The Kier molecular flexibility index (Phi) is 5.19. The molecule has 1 amide bonds. The van der Waals surface area contributed by atoms with Crippen LogP contribution in [0.3, 0.4) is 0 Å². The van der Waals surface area contributed by atoms with Crippen molar-refractivity contribution in [1.82, 2.24) is 25.1 Å². The monoisotopic (exact) mass is 410 g/mol. The third-order valence-corrected chi connectivity index (χ3v) is 5.33. The Morgan fingerprint density at radius 3 is 2.63 bits per heavy atom. The molecule has 0 radical (unpaired) electrons. The molecule has 1 aliphatic rings. The van der Waals surface area contributed by atoms with E-state index in [1.54, 1.807) is 21.1 Å².